The maximum atomic E-state index is 12.1. The molecule has 0 spiro atoms. The highest BCUT2D eigenvalue weighted by Crippen LogP contribution is 2.29. The Balaban J connectivity index is 2.19. The molecule has 4 heteroatoms. The van der Waals surface area contributed by atoms with Gasteiger partial charge in [-0.25, -0.2) is 0 Å². The summed E-state index contributed by atoms with van der Waals surface area (Å²) in [5.41, 5.74) is 0. The Morgan fingerprint density at radius 1 is 1.40 bits per heavy atom. The third-order valence-electron chi connectivity index (χ3n) is 4.20. The highest BCUT2D eigenvalue weighted by molar-refractivity contribution is 5.83. The predicted octanol–water partition coefficient (Wildman–Crippen LogP) is -0.102. The summed E-state index contributed by atoms with van der Waals surface area (Å²) in [4.78, 5) is 16.3. The van der Waals surface area contributed by atoms with Crippen LogP contribution in [-0.2, 0) is 4.79 Å². The van der Waals surface area contributed by atoms with E-state index in [1.54, 1.807) is 0 Å². The molecule has 0 aromatic carbocycles. The van der Waals surface area contributed by atoms with E-state index in [9.17, 15) is 4.79 Å². The monoisotopic (exact) mass is 211 g/mol. The van der Waals surface area contributed by atoms with E-state index < -0.39 is 0 Å². The molecule has 0 aromatic heterocycles. The second kappa shape index (κ2) is 3.76. The van der Waals surface area contributed by atoms with Crippen LogP contribution in [0.25, 0.3) is 0 Å². The van der Waals surface area contributed by atoms with Crippen molar-refractivity contribution in [1.82, 2.24) is 15.1 Å². The number of amides is 1. The lowest BCUT2D eigenvalue weighted by molar-refractivity contribution is -0.145. The first-order valence-corrected chi connectivity index (χ1v) is 5.76. The molecule has 0 radical (unpaired) electrons. The smallest absolute Gasteiger partial charge is 0.240 e. The largest absolute Gasteiger partial charge is 0.335 e. The molecule has 2 fully saturated rings. The lowest BCUT2D eigenvalue weighted by Crippen LogP contribution is -2.61. The molecular weight excluding hydrogens is 190 g/mol. The number of carbonyl (C=O) groups is 1. The molecule has 0 saturated carbocycles. The summed E-state index contributed by atoms with van der Waals surface area (Å²) in [6.07, 6.45) is 1.08. The number of fused-ring (bicyclic) bond motifs is 1. The summed E-state index contributed by atoms with van der Waals surface area (Å²) in [6.45, 7) is 5.10. The van der Waals surface area contributed by atoms with Crippen LogP contribution in [-0.4, -0.2) is 60.5 Å². The lowest BCUT2D eigenvalue weighted by Gasteiger charge is -2.44. The summed E-state index contributed by atoms with van der Waals surface area (Å²) in [7, 11) is 4.03. The average Bonchev–Trinajstić information content (AvgIpc) is 2.67. The van der Waals surface area contributed by atoms with Crippen molar-refractivity contribution < 1.29 is 4.79 Å². The van der Waals surface area contributed by atoms with Crippen molar-refractivity contribution in [3.63, 3.8) is 0 Å². The van der Waals surface area contributed by atoms with Crippen molar-refractivity contribution in [3.05, 3.63) is 0 Å². The van der Waals surface area contributed by atoms with Crippen LogP contribution in [0.5, 0.6) is 0 Å². The molecule has 15 heavy (non-hydrogen) atoms. The minimum absolute atomic E-state index is 0.0341. The number of likely N-dealkylation sites (N-methyl/N-ethyl adjacent to an activating group) is 2. The van der Waals surface area contributed by atoms with Gasteiger partial charge < -0.3 is 10.2 Å². The van der Waals surface area contributed by atoms with Gasteiger partial charge in [0.2, 0.25) is 5.91 Å². The summed E-state index contributed by atoms with van der Waals surface area (Å²) < 4.78 is 0. The molecule has 2 aliphatic rings. The van der Waals surface area contributed by atoms with Gasteiger partial charge >= 0.3 is 0 Å². The Hall–Kier alpha value is -0.610. The van der Waals surface area contributed by atoms with E-state index in [1.807, 2.05) is 14.0 Å². The molecule has 4 nitrogen and oxygen atoms in total. The van der Waals surface area contributed by atoms with Crippen LogP contribution in [0.4, 0.5) is 0 Å². The number of carbonyl (C=O) groups excluding carboxylic acids is 1. The number of nitrogens with one attached hydrogen (secondary N) is 1. The maximum Gasteiger partial charge on any atom is 0.240 e. The van der Waals surface area contributed by atoms with Gasteiger partial charge in [-0.05, 0) is 34.4 Å². The van der Waals surface area contributed by atoms with E-state index in [1.165, 1.54) is 0 Å². The summed E-state index contributed by atoms with van der Waals surface area (Å²) in [6, 6.07) is 1.37. The second-order valence-corrected chi connectivity index (χ2v) is 4.86. The van der Waals surface area contributed by atoms with Gasteiger partial charge in [-0.2, -0.15) is 0 Å². The van der Waals surface area contributed by atoms with E-state index >= 15 is 0 Å². The fourth-order valence-electron chi connectivity index (χ4n) is 2.82. The first-order chi connectivity index (χ1) is 7.06. The number of nitrogens with zero attached hydrogens (tertiary/aromatic N) is 2. The van der Waals surface area contributed by atoms with Gasteiger partial charge in [-0.1, -0.05) is 0 Å². The SMILES string of the molecule is CNC1CC2C(C)N(C)C(C)C(=O)N2C1. The molecule has 2 heterocycles. The van der Waals surface area contributed by atoms with E-state index in [2.05, 4.69) is 29.1 Å². The highest BCUT2D eigenvalue weighted by atomic mass is 16.2. The number of hydrogen-bond acceptors (Lipinski definition) is 3. The molecule has 4 unspecified atom stereocenters. The zero-order valence-corrected chi connectivity index (χ0v) is 10.0. The summed E-state index contributed by atoms with van der Waals surface area (Å²) in [5.74, 6) is 0.290. The van der Waals surface area contributed by atoms with Gasteiger partial charge in [0, 0.05) is 24.7 Å². The second-order valence-electron chi connectivity index (χ2n) is 4.86. The fraction of sp³-hybridized carbons (Fsp3) is 0.909. The molecule has 86 valence electrons. The molecule has 1 N–H and O–H groups in total. The average molecular weight is 211 g/mol. The Kier molecular flexibility index (Phi) is 2.73. The van der Waals surface area contributed by atoms with Crippen molar-refractivity contribution in [2.75, 3.05) is 20.6 Å². The van der Waals surface area contributed by atoms with Crippen molar-refractivity contribution in [2.24, 2.45) is 0 Å². The molecule has 2 rings (SSSR count). The van der Waals surface area contributed by atoms with Crippen LogP contribution in [0.2, 0.25) is 0 Å². The van der Waals surface area contributed by atoms with Crippen LogP contribution in [0.3, 0.4) is 0 Å². The van der Waals surface area contributed by atoms with Crippen molar-refractivity contribution in [2.45, 2.75) is 44.4 Å². The highest BCUT2D eigenvalue weighted by Gasteiger charge is 2.45. The molecule has 4 atom stereocenters. The van der Waals surface area contributed by atoms with Gasteiger partial charge in [0.25, 0.3) is 0 Å². The summed E-state index contributed by atoms with van der Waals surface area (Å²) >= 11 is 0. The fourth-order valence-corrected chi connectivity index (χ4v) is 2.82. The molecule has 2 saturated heterocycles. The molecule has 2 aliphatic heterocycles. The van der Waals surface area contributed by atoms with Crippen LogP contribution >= 0.6 is 0 Å². The lowest BCUT2D eigenvalue weighted by atomic mass is 9.99. The zero-order valence-electron chi connectivity index (χ0n) is 10.0. The zero-order chi connectivity index (χ0) is 11.2. The van der Waals surface area contributed by atoms with Crippen LogP contribution < -0.4 is 5.32 Å². The Bertz CT molecular complexity index is 269. The number of rotatable bonds is 1. The topological polar surface area (TPSA) is 35.6 Å². The minimum Gasteiger partial charge on any atom is -0.335 e. The minimum atomic E-state index is 0.0341. The van der Waals surface area contributed by atoms with E-state index in [-0.39, 0.29) is 6.04 Å². The van der Waals surface area contributed by atoms with Crippen molar-refractivity contribution >= 4 is 5.91 Å². The maximum absolute atomic E-state index is 12.1. The van der Waals surface area contributed by atoms with Crippen molar-refractivity contribution in [1.29, 1.82) is 0 Å². The Morgan fingerprint density at radius 2 is 2.07 bits per heavy atom. The number of piperazine rings is 1. The van der Waals surface area contributed by atoms with E-state index in [0.29, 0.717) is 24.0 Å². The Labute approximate surface area is 91.6 Å². The number of hydrogen-bond donors (Lipinski definition) is 1. The third kappa shape index (κ3) is 1.56. The molecule has 0 bridgehead atoms. The van der Waals surface area contributed by atoms with E-state index in [4.69, 9.17) is 0 Å². The van der Waals surface area contributed by atoms with Gasteiger partial charge in [-0.15, -0.1) is 0 Å². The van der Waals surface area contributed by atoms with Crippen LogP contribution in [0.1, 0.15) is 20.3 Å². The van der Waals surface area contributed by atoms with Gasteiger partial charge in [0.05, 0.1) is 6.04 Å². The standard InChI is InChI=1S/C11H21N3O/c1-7-10-5-9(12-3)6-14(10)11(15)8(2)13(7)4/h7-10,12H,5-6H2,1-4H3. The third-order valence-corrected chi connectivity index (χ3v) is 4.20. The molecule has 0 aromatic rings. The van der Waals surface area contributed by atoms with Crippen molar-refractivity contribution in [3.8, 4) is 0 Å². The molecule has 0 aliphatic carbocycles. The molecular formula is C11H21N3O. The van der Waals surface area contributed by atoms with E-state index in [0.717, 1.165) is 13.0 Å². The first kappa shape index (κ1) is 10.9. The van der Waals surface area contributed by atoms with Crippen LogP contribution in [0.15, 0.2) is 0 Å². The first-order valence-electron chi connectivity index (χ1n) is 5.76. The van der Waals surface area contributed by atoms with Gasteiger partial charge in [0.15, 0.2) is 0 Å². The van der Waals surface area contributed by atoms with Gasteiger partial charge in [-0.3, -0.25) is 9.69 Å². The quantitative estimate of drug-likeness (QED) is 0.658. The summed E-state index contributed by atoms with van der Waals surface area (Å²) in [5, 5.41) is 3.28. The normalized spacial score (nSPS) is 42.1. The van der Waals surface area contributed by atoms with Crippen LogP contribution in [0, 0.1) is 0 Å². The van der Waals surface area contributed by atoms with Gasteiger partial charge in [0.1, 0.15) is 0 Å². The Morgan fingerprint density at radius 3 is 2.67 bits per heavy atom. The predicted molar refractivity (Wildman–Crippen MR) is 59.7 cm³/mol. The molecule has 1 amide bonds.